The highest BCUT2D eigenvalue weighted by atomic mass is 16.5. The predicted octanol–water partition coefficient (Wildman–Crippen LogP) is 4.29. The van der Waals surface area contributed by atoms with Crippen molar-refractivity contribution < 1.29 is 28.5 Å². The summed E-state index contributed by atoms with van der Waals surface area (Å²) in [6.45, 7) is 1.94. The first-order valence-electron chi connectivity index (χ1n) is 9.42. The molecule has 0 N–H and O–H groups in total. The Labute approximate surface area is 175 Å². The Hall–Kier alpha value is -3.48. The van der Waals surface area contributed by atoms with E-state index >= 15 is 0 Å². The van der Waals surface area contributed by atoms with Crippen molar-refractivity contribution in [3.63, 3.8) is 0 Å². The van der Waals surface area contributed by atoms with E-state index in [1.807, 2.05) is 25.1 Å². The van der Waals surface area contributed by atoms with Gasteiger partial charge in [-0.3, -0.25) is 4.98 Å². The number of aryl methyl sites for hydroxylation is 1. The molecule has 0 aliphatic rings. The Morgan fingerprint density at radius 3 is 2.00 bits per heavy atom. The highest BCUT2D eigenvalue weighted by Gasteiger charge is 2.24. The summed E-state index contributed by atoms with van der Waals surface area (Å²) in [6, 6.07) is 9.13. The highest BCUT2D eigenvalue weighted by Crippen LogP contribution is 2.41. The summed E-state index contributed by atoms with van der Waals surface area (Å²) >= 11 is 0. The molecule has 0 aliphatic carbocycles. The molecule has 7 nitrogen and oxygen atoms in total. The molecule has 0 fully saturated rings. The molecule has 3 aromatic rings. The lowest BCUT2D eigenvalue weighted by Crippen LogP contribution is -2.11. The molecular weight excluding hydrogens is 386 g/mol. The number of fused-ring (bicyclic) bond motifs is 1. The van der Waals surface area contributed by atoms with Crippen LogP contribution in [0.1, 0.15) is 23.0 Å². The second-order valence-corrected chi connectivity index (χ2v) is 6.45. The molecule has 3 rings (SSSR count). The predicted molar refractivity (Wildman–Crippen MR) is 114 cm³/mol. The zero-order valence-corrected chi connectivity index (χ0v) is 18.0. The summed E-state index contributed by atoms with van der Waals surface area (Å²) in [5, 5.41) is 0.734. The maximum atomic E-state index is 12.8. The minimum atomic E-state index is -0.458. The van der Waals surface area contributed by atoms with Crippen molar-refractivity contribution in [2.24, 2.45) is 0 Å². The molecule has 2 aromatic carbocycles. The fraction of sp³-hybridized carbons (Fsp3) is 0.304. The van der Waals surface area contributed by atoms with E-state index in [0.717, 1.165) is 10.9 Å². The van der Waals surface area contributed by atoms with Gasteiger partial charge in [0.2, 0.25) is 0 Å². The van der Waals surface area contributed by atoms with Crippen LogP contribution in [0, 0.1) is 0 Å². The van der Waals surface area contributed by atoms with Crippen LogP contribution in [0.4, 0.5) is 0 Å². The van der Waals surface area contributed by atoms with Crippen molar-refractivity contribution >= 4 is 16.9 Å². The lowest BCUT2D eigenvalue weighted by Gasteiger charge is -2.18. The third-order valence-corrected chi connectivity index (χ3v) is 4.96. The Kier molecular flexibility index (Phi) is 6.30. The van der Waals surface area contributed by atoms with Gasteiger partial charge in [0.15, 0.2) is 23.0 Å². The first kappa shape index (κ1) is 21.2. The molecule has 1 heterocycles. The van der Waals surface area contributed by atoms with Gasteiger partial charge >= 0.3 is 5.97 Å². The standard InChI is InChI=1S/C23H25NO6/c1-7-15-22(23(25)30-6)21(13-8-9-17(26-2)18(10-13)27-3)14-11-19(28-4)20(29-5)12-16(14)24-15/h8-12H,7H2,1-6H3. The van der Waals surface area contributed by atoms with Crippen molar-refractivity contribution in [1.82, 2.24) is 4.98 Å². The van der Waals surface area contributed by atoms with Gasteiger partial charge in [-0.15, -0.1) is 0 Å². The third kappa shape index (κ3) is 3.58. The lowest BCUT2D eigenvalue weighted by molar-refractivity contribution is 0.0600. The number of benzene rings is 2. The number of rotatable bonds is 7. The fourth-order valence-electron chi connectivity index (χ4n) is 3.51. The van der Waals surface area contributed by atoms with E-state index in [2.05, 4.69) is 0 Å². The van der Waals surface area contributed by atoms with E-state index in [1.54, 1.807) is 40.6 Å². The number of pyridine rings is 1. The van der Waals surface area contributed by atoms with Gasteiger partial charge in [-0.2, -0.15) is 0 Å². The highest BCUT2D eigenvalue weighted by molar-refractivity contribution is 6.08. The number of nitrogens with zero attached hydrogens (tertiary/aromatic N) is 1. The van der Waals surface area contributed by atoms with Gasteiger partial charge in [0.1, 0.15) is 0 Å². The van der Waals surface area contributed by atoms with Crippen LogP contribution < -0.4 is 18.9 Å². The summed E-state index contributed by atoms with van der Waals surface area (Å²) in [5.74, 6) is 1.78. The molecule has 0 saturated carbocycles. The molecule has 0 unspecified atom stereocenters. The summed E-state index contributed by atoms with van der Waals surface area (Å²) in [7, 11) is 7.64. The number of esters is 1. The smallest absolute Gasteiger partial charge is 0.340 e. The summed E-state index contributed by atoms with van der Waals surface area (Å²) < 4.78 is 26.9. The van der Waals surface area contributed by atoms with Gasteiger partial charge in [-0.1, -0.05) is 13.0 Å². The van der Waals surface area contributed by atoms with Crippen LogP contribution in [0.25, 0.3) is 22.0 Å². The Balaban J connectivity index is 2.48. The van der Waals surface area contributed by atoms with E-state index in [-0.39, 0.29) is 0 Å². The second-order valence-electron chi connectivity index (χ2n) is 6.45. The average Bonchev–Trinajstić information content (AvgIpc) is 2.80. The molecular formula is C23H25NO6. The van der Waals surface area contributed by atoms with E-state index in [1.165, 1.54) is 7.11 Å². The number of ether oxygens (including phenoxy) is 5. The van der Waals surface area contributed by atoms with Gasteiger partial charge in [-0.05, 0) is 30.2 Å². The summed E-state index contributed by atoms with van der Waals surface area (Å²) in [6.07, 6.45) is 0.551. The van der Waals surface area contributed by atoms with Crippen LogP contribution in [0.15, 0.2) is 30.3 Å². The molecule has 0 amide bonds. The van der Waals surface area contributed by atoms with Crippen molar-refractivity contribution in [2.45, 2.75) is 13.3 Å². The Morgan fingerprint density at radius 1 is 0.833 bits per heavy atom. The number of hydrogen-bond donors (Lipinski definition) is 0. The molecule has 0 aliphatic heterocycles. The van der Waals surface area contributed by atoms with E-state index in [4.69, 9.17) is 28.7 Å². The number of methoxy groups -OCH3 is 5. The number of aromatic nitrogens is 1. The number of hydrogen-bond acceptors (Lipinski definition) is 7. The topological polar surface area (TPSA) is 76.1 Å². The molecule has 0 saturated heterocycles. The van der Waals surface area contributed by atoms with Gasteiger partial charge < -0.3 is 23.7 Å². The molecule has 0 atom stereocenters. The molecule has 7 heteroatoms. The Bertz CT molecular complexity index is 1090. The minimum Gasteiger partial charge on any atom is -0.493 e. The molecule has 0 bridgehead atoms. The van der Waals surface area contributed by atoms with Crippen molar-refractivity contribution in [3.05, 3.63) is 41.6 Å². The minimum absolute atomic E-state index is 0.409. The quantitative estimate of drug-likeness (QED) is 0.537. The second kappa shape index (κ2) is 8.90. The average molecular weight is 411 g/mol. The zero-order valence-electron chi connectivity index (χ0n) is 18.0. The van der Waals surface area contributed by atoms with Crippen LogP contribution in [-0.4, -0.2) is 46.5 Å². The van der Waals surface area contributed by atoms with Gasteiger partial charge in [0, 0.05) is 17.0 Å². The molecule has 1 aromatic heterocycles. The fourth-order valence-corrected chi connectivity index (χ4v) is 3.51. The van der Waals surface area contributed by atoms with Gasteiger partial charge in [-0.25, -0.2) is 4.79 Å². The maximum Gasteiger partial charge on any atom is 0.340 e. The number of carbonyl (C=O) groups is 1. The van der Waals surface area contributed by atoms with E-state index in [0.29, 0.717) is 51.8 Å². The van der Waals surface area contributed by atoms with Crippen molar-refractivity contribution in [2.75, 3.05) is 35.5 Å². The van der Waals surface area contributed by atoms with E-state index < -0.39 is 5.97 Å². The van der Waals surface area contributed by atoms with Crippen LogP contribution in [-0.2, 0) is 11.2 Å². The first-order valence-corrected chi connectivity index (χ1v) is 9.42. The van der Waals surface area contributed by atoms with Gasteiger partial charge in [0.05, 0.1) is 52.3 Å². The van der Waals surface area contributed by atoms with E-state index in [9.17, 15) is 4.79 Å². The molecule has 0 spiro atoms. The normalized spacial score (nSPS) is 10.6. The van der Waals surface area contributed by atoms with Crippen LogP contribution >= 0.6 is 0 Å². The monoisotopic (exact) mass is 411 g/mol. The maximum absolute atomic E-state index is 12.8. The third-order valence-electron chi connectivity index (χ3n) is 4.96. The first-order chi connectivity index (χ1) is 14.5. The van der Waals surface area contributed by atoms with Crippen LogP contribution in [0.3, 0.4) is 0 Å². The van der Waals surface area contributed by atoms with Crippen LogP contribution in [0.2, 0.25) is 0 Å². The summed E-state index contributed by atoms with van der Waals surface area (Å²) in [4.78, 5) is 17.5. The lowest BCUT2D eigenvalue weighted by atomic mass is 9.92. The Morgan fingerprint density at radius 2 is 1.43 bits per heavy atom. The summed E-state index contributed by atoms with van der Waals surface area (Å²) in [5.41, 5.74) is 3.17. The molecule has 158 valence electrons. The molecule has 0 radical (unpaired) electrons. The zero-order chi connectivity index (χ0) is 21.8. The van der Waals surface area contributed by atoms with Crippen molar-refractivity contribution in [1.29, 1.82) is 0 Å². The number of carbonyl (C=O) groups excluding carboxylic acids is 1. The SMILES string of the molecule is CCc1nc2cc(OC)c(OC)cc2c(-c2ccc(OC)c(OC)c2)c1C(=O)OC. The molecule has 30 heavy (non-hydrogen) atoms. The largest absolute Gasteiger partial charge is 0.493 e. The van der Waals surface area contributed by atoms with Crippen molar-refractivity contribution in [3.8, 4) is 34.1 Å². The van der Waals surface area contributed by atoms with Gasteiger partial charge in [0.25, 0.3) is 0 Å². The van der Waals surface area contributed by atoms with Crippen LogP contribution in [0.5, 0.6) is 23.0 Å².